The smallest absolute Gasteiger partial charge is 0.254 e. The monoisotopic (exact) mass is 368 g/mol. The van der Waals surface area contributed by atoms with Gasteiger partial charge >= 0.3 is 0 Å². The van der Waals surface area contributed by atoms with Gasteiger partial charge < -0.3 is 23.8 Å². The Bertz CT molecular complexity index is 851. The zero-order valence-electron chi connectivity index (χ0n) is 14.8. The van der Waals surface area contributed by atoms with Crippen LogP contribution in [0.3, 0.4) is 0 Å². The largest absolute Gasteiger partial charge is 0.474 e. The molecular formula is C20H20N2O5. The fraction of sp³-hybridized carbons (Fsp3) is 0.400. The first-order valence-electron chi connectivity index (χ1n) is 9.11. The second kappa shape index (κ2) is 6.42. The van der Waals surface area contributed by atoms with E-state index in [1.807, 2.05) is 18.2 Å². The molecule has 0 N–H and O–H groups in total. The predicted octanol–water partition coefficient (Wildman–Crippen LogP) is 2.26. The molecule has 1 aromatic carbocycles. The van der Waals surface area contributed by atoms with Gasteiger partial charge in [-0.1, -0.05) is 6.07 Å². The zero-order valence-corrected chi connectivity index (χ0v) is 14.8. The van der Waals surface area contributed by atoms with Gasteiger partial charge in [0.15, 0.2) is 11.5 Å². The Balaban J connectivity index is 1.22. The van der Waals surface area contributed by atoms with Crippen molar-refractivity contribution in [3.63, 3.8) is 0 Å². The molecule has 7 heteroatoms. The molecule has 2 aromatic rings. The highest BCUT2D eigenvalue weighted by Gasteiger charge is 2.50. The third kappa shape index (κ3) is 3.08. The van der Waals surface area contributed by atoms with Crippen molar-refractivity contribution in [2.75, 3.05) is 26.5 Å². The van der Waals surface area contributed by atoms with Crippen molar-refractivity contribution in [1.82, 2.24) is 9.88 Å². The lowest BCUT2D eigenvalue weighted by Gasteiger charge is -2.52. The molecule has 0 radical (unpaired) electrons. The molecule has 2 fully saturated rings. The minimum Gasteiger partial charge on any atom is -0.474 e. The summed E-state index contributed by atoms with van der Waals surface area (Å²) < 4.78 is 22.7. The fourth-order valence-corrected chi connectivity index (χ4v) is 3.90. The van der Waals surface area contributed by atoms with E-state index in [4.69, 9.17) is 18.9 Å². The number of nitrogens with zero attached hydrogens (tertiary/aromatic N) is 2. The van der Waals surface area contributed by atoms with Crippen LogP contribution >= 0.6 is 0 Å². The summed E-state index contributed by atoms with van der Waals surface area (Å²) in [7, 11) is 0. The van der Waals surface area contributed by atoms with Gasteiger partial charge in [0.1, 0.15) is 11.7 Å². The van der Waals surface area contributed by atoms with Crippen molar-refractivity contribution in [3.05, 3.63) is 48.2 Å². The van der Waals surface area contributed by atoms with Crippen LogP contribution in [0.25, 0.3) is 0 Å². The van der Waals surface area contributed by atoms with Crippen molar-refractivity contribution in [2.24, 2.45) is 0 Å². The topological polar surface area (TPSA) is 70.1 Å². The maximum atomic E-state index is 12.8. The molecule has 140 valence electrons. The molecule has 5 rings (SSSR count). The van der Waals surface area contributed by atoms with E-state index in [9.17, 15) is 4.79 Å². The minimum atomic E-state index is -0.316. The van der Waals surface area contributed by atoms with E-state index in [0.29, 0.717) is 42.6 Å². The highest BCUT2D eigenvalue weighted by atomic mass is 16.7. The summed E-state index contributed by atoms with van der Waals surface area (Å²) in [6, 6.07) is 10.9. The zero-order chi connectivity index (χ0) is 18.3. The van der Waals surface area contributed by atoms with Crippen LogP contribution < -0.4 is 14.2 Å². The molecule has 27 heavy (non-hydrogen) atoms. The molecule has 0 saturated carbocycles. The first kappa shape index (κ1) is 16.4. The Morgan fingerprint density at radius 1 is 1.19 bits per heavy atom. The number of hydrogen-bond donors (Lipinski definition) is 0. The van der Waals surface area contributed by atoms with Gasteiger partial charge in [0.2, 0.25) is 12.7 Å². The summed E-state index contributed by atoms with van der Waals surface area (Å²) in [6.07, 6.45) is 3.36. The summed E-state index contributed by atoms with van der Waals surface area (Å²) in [4.78, 5) is 18.8. The van der Waals surface area contributed by atoms with Crippen molar-refractivity contribution < 1.29 is 23.7 Å². The standard InChI is InChI=1S/C20H20N2O5/c23-19(14-4-5-16-17(9-14)25-13-24-16)22-11-20(12-22)10-15(6-8-26-20)27-18-3-1-2-7-21-18/h1-5,7,9,15H,6,8,10-13H2/t15-/m0/s1. The third-order valence-electron chi connectivity index (χ3n) is 5.24. The van der Waals surface area contributed by atoms with Crippen LogP contribution in [-0.2, 0) is 4.74 Å². The summed E-state index contributed by atoms with van der Waals surface area (Å²) in [5.74, 6) is 1.91. The van der Waals surface area contributed by atoms with E-state index in [-0.39, 0.29) is 24.4 Å². The molecule has 1 aromatic heterocycles. The number of rotatable bonds is 3. The molecular weight excluding hydrogens is 348 g/mol. The number of likely N-dealkylation sites (tertiary alicyclic amines) is 1. The molecule has 0 aliphatic carbocycles. The second-order valence-electron chi connectivity index (χ2n) is 7.16. The minimum absolute atomic E-state index is 0.0182. The maximum Gasteiger partial charge on any atom is 0.254 e. The summed E-state index contributed by atoms with van der Waals surface area (Å²) in [5.41, 5.74) is 0.287. The Morgan fingerprint density at radius 2 is 2.07 bits per heavy atom. The number of carbonyl (C=O) groups is 1. The van der Waals surface area contributed by atoms with E-state index in [0.717, 1.165) is 12.8 Å². The van der Waals surface area contributed by atoms with E-state index in [2.05, 4.69) is 4.98 Å². The van der Waals surface area contributed by atoms with Gasteiger partial charge in [0.25, 0.3) is 5.91 Å². The number of carbonyl (C=O) groups excluding carboxylic acids is 1. The fourth-order valence-electron chi connectivity index (χ4n) is 3.90. The second-order valence-corrected chi connectivity index (χ2v) is 7.16. The van der Waals surface area contributed by atoms with E-state index in [1.165, 1.54) is 0 Å². The lowest BCUT2D eigenvalue weighted by molar-refractivity contribution is -0.174. The van der Waals surface area contributed by atoms with Crippen LogP contribution in [-0.4, -0.2) is 54.0 Å². The Labute approximate surface area is 156 Å². The number of fused-ring (bicyclic) bond motifs is 1. The molecule has 2 saturated heterocycles. The molecule has 7 nitrogen and oxygen atoms in total. The number of amides is 1. The summed E-state index contributed by atoms with van der Waals surface area (Å²) in [5, 5.41) is 0. The molecule has 1 atom stereocenters. The molecule has 0 unspecified atom stereocenters. The van der Waals surface area contributed by atoms with Crippen LogP contribution in [0.1, 0.15) is 23.2 Å². The molecule has 3 aliphatic heterocycles. The van der Waals surface area contributed by atoms with Gasteiger partial charge in [-0.2, -0.15) is 0 Å². The number of pyridine rings is 1. The predicted molar refractivity (Wildman–Crippen MR) is 95.0 cm³/mol. The van der Waals surface area contributed by atoms with Crippen molar-refractivity contribution >= 4 is 5.91 Å². The van der Waals surface area contributed by atoms with Crippen LogP contribution in [0.2, 0.25) is 0 Å². The van der Waals surface area contributed by atoms with Gasteiger partial charge in [0.05, 0.1) is 19.7 Å². The Hall–Kier alpha value is -2.80. The molecule has 0 bridgehead atoms. The van der Waals surface area contributed by atoms with Crippen molar-refractivity contribution in [2.45, 2.75) is 24.5 Å². The Morgan fingerprint density at radius 3 is 2.93 bits per heavy atom. The van der Waals surface area contributed by atoms with Gasteiger partial charge in [0, 0.05) is 30.7 Å². The van der Waals surface area contributed by atoms with Gasteiger partial charge in [-0.25, -0.2) is 4.98 Å². The van der Waals surface area contributed by atoms with Crippen molar-refractivity contribution in [1.29, 1.82) is 0 Å². The van der Waals surface area contributed by atoms with Crippen LogP contribution in [0, 0.1) is 0 Å². The lowest BCUT2D eigenvalue weighted by Crippen LogP contribution is -2.67. The van der Waals surface area contributed by atoms with Crippen LogP contribution in [0.15, 0.2) is 42.6 Å². The van der Waals surface area contributed by atoms with Crippen molar-refractivity contribution in [3.8, 4) is 17.4 Å². The van der Waals surface area contributed by atoms with Gasteiger partial charge in [-0.05, 0) is 24.3 Å². The van der Waals surface area contributed by atoms with E-state index < -0.39 is 0 Å². The highest BCUT2D eigenvalue weighted by Crippen LogP contribution is 2.38. The SMILES string of the molecule is O=C(c1ccc2c(c1)OCO2)N1CC2(C[C@@H](Oc3ccccn3)CCO2)C1. The molecule has 4 heterocycles. The molecule has 3 aliphatic rings. The van der Waals surface area contributed by atoms with Gasteiger partial charge in [-0.15, -0.1) is 0 Å². The number of benzene rings is 1. The lowest BCUT2D eigenvalue weighted by atomic mass is 9.84. The highest BCUT2D eigenvalue weighted by molar-refractivity contribution is 5.95. The first-order chi connectivity index (χ1) is 13.2. The quantitative estimate of drug-likeness (QED) is 0.828. The molecule has 1 spiro atoms. The molecule has 1 amide bonds. The number of ether oxygens (including phenoxy) is 4. The Kier molecular flexibility index (Phi) is 3.89. The number of aromatic nitrogens is 1. The van der Waals surface area contributed by atoms with Crippen LogP contribution in [0.5, 0.6) is 17.4 Å². The van der Waals surface area contributed by atoms with E-state index >= 15 is 0 Å². The number of hydrogen-bond acceptors (Lipinski definition) is 6. The van der Waals surface area contributed by atoms with Gasteiger partial charge in [-0.3, -0.25) is 4.79 Å². The van der Waals surface area contributed by atoms with Crippen LogP contribution in [0.4, 0.5) is 0 Å². The average molecular weight is 368 g/mol. The third-order valence-corrected chi connectivity index (χ3v) is 5.24. The normalized spacial score (nSPS) is 22.4. The average Bonchev–Trinajstić information content (AvgIpc) is 3.14. The summed E-state index contributed by atoms with van der Waals surface area (Å²) >= 11 is 0. The summed E-state index contributed by atoms with van der Waals surface area (Å²) in [6.45, 7) is 1.97. The van der Waals surface area contributed by atoms with E-state index in [1.54, 1.807) is 29.3 Å². The maximum absolute atomic E-state index is 12.8. The first-order valence-corrected chi connectivity index (χ1v) is 9.11.